The minimum atomic E-state index is -4.69. The fraction of sp³-hybridized carbons (Fsp3) is 0.444. The summed E-state index contributed by atoms with van der Waals surface area (Å²) in [6.07, 6.45) is -1.70. The number of amides is 2. The van der Waals surface area contributed by atoms with Crippen molar-refractivity contribution in [2.75, 3.05) is 39.0 Å². The van der Waals surface area contributed by atoms with Gasteiger partial charge in [0.25, 0.3) is 0 Å². The second-order valence-corrected chi connectivity index (χ2v) is 9.80. The maximum atomic E-state index is 14.7. The molecule has 1 saturated carbocycles. The van der Waals surface area contributed by atoms with Crippen LogP contribution in [0, 0.1) is 11.8 Å². The van der Waals surface area contributed by atoms with Crippen LogP contribution in [0.3, 0.4) is 0 Å². The van der Waals surface area contributed by atoms with Crippen LogP contribution < -0.4 is 16.0 Å². The fourth-order valence-corrected chi connectivity index (χ4v) is 4.72. The smallest absolute Gasteiger partial charge is 0.379 e. The van der Waals surface area contributed by atoms with Crippen molar-refractivity contribution in [2.24, 2.45) is 11.8 Å². The molecule has 2 aromatic rings. The number of hydrogen-bond donors (Lipinski definition) is 3. The van der Waals surface area contributed by atoms with Gasteiger partial charge in [0.2, 0.25) is 11.8 Å². The van der Waals surface area contributed by atoms with Crippen LogP contribution in [0.4, 0.5) is 23.2 Å². The number of allylic oxidation sites excluding steroid dienone is 1. The first-order chi connectivity index (χ1) is 18.0. The van der Waals surface area contributed by atoms with Crippen LogP contribution in [0.15, 0.2) is 36.9 Å². The van der Waals surface area contributed by atoms with Crippen molar-refractivity contribution < 1.29 is 27.2 Å². The number of nitrogens with one attached hydrogen (secondary N) is 3. The highest BCUT2D eigenvalue weighted by Crippen LogP contribution is 2.39. The number of rotatable bonds is 8. The minimum Gasteiger partial charge on any atom is -0.379 e. The molecule has 1 aromatic carbocycles. The number of nitrogens with zero attached hydrogens (tertiary/aromatic N) is 2. The molecule has 1 aliphatic heterocycles. The van der Waals surface area contributed by atoms with E-state index in [2.05, 4.69) is 27.5 Å². The second-order valence-electron chi connectivity index (χ2n) is 9.80. The van der Waals surface area contributed by atoms with Gasteiger partial charge in [-0.1, -0.05) is 24.8 Å². The van der Waals surface area contributed by atoms with Crippen LogP contribution in [0.1, 0.15) is 24.2 Å². The molecule has 2 aliphatic rings. The van der Waals surface area contributed by atoms with E-state index in [1.165, 1.54) is 19.2 Å². The third-order valence-electron chi connectivity index (χ3n) is 7.00. The summed E-state index contributed by atoms with van der Waals surface area (Å²) < 4.78 is 55.6. The van der Waals surface area contributed by atoms with Gasteiger partial charge in [0.15, 0.2) is 0 Å². The number of benzene rings is 1. The van der Waals surface area contributed by atoms with Crippen LogP contribution in [0.25, 0.3) is 22.4 Å². The summed E-state index contributed by atoms with van der Waals surface area (Å²) in [6.45, 7) is 4.32. The van der Waals surface area contributed by atoms with Gasteiger partial charge in [-0.25, -0.2) is 9.37 Å². The second kappa shape index (κ2) is 11.1. The molecular weight excluding hydrogens is 502 g/mol. The maximum absolute atomic E-state index is 14.7. The normalized spacial score (nSPS) is 23.8. The van der Waals surface area contributed by atoms with Gasteiger partial charge in [0.1, 0.15) is 6.17 Å². The average molecular weight is 534 g/mol. The number of likely N-dealkylation sites (tertiary alicyclic amines) is 1. The average Bonchev–Trinajstić information content (AvgIpc) is 3.68. The Morgan fingerprint density at radius 1 is 1.21 bits per heavy atom. The summed E-state index contributed by atoms with van der Waals surface area (Å²) in [5.41, 5.74) is -0.653. The Hall–Kier alpha value is -3.47. The molecule has 0 unspecified atom stereocenters. The number of fused-ring (bicyclic) bond motifs is 1. The predicted molar refractivity (Wildman–Crippen MR) is 139 cm³/mol. The van der Waals surface area contributed by atoms with Gasteiger partial charge in [-0.15, -0.1) is 0 Å². The van der Waals surface area contributed by atoms with E-state index in [1.54, 1.807) is 24.3 Å². The highest BCUT2D eigenvalue weighted by Gasteiger charge is 2.47. The van der Waals surface area contributed by atoms with E-state index >= 15 is 0 Å². The van der Waals surface area contributed by atoms with E-state index < -0.39 is 24.0 Å². The number of piperidine rings is 1. The molecule has 38 heavy (non-hydrogen) atoms. The van der Waals surface area contributed by atoms with Gasteiger partial charge in [0.05, 0.1) is 34.8 Å². The lowest BCUT2D eigenvalue weighted by Gasteiger charge is -2.33. The van der Waals surface area contributed by atoms with Crippen LogP contribution in [0.5, 0.6) is 0 Å². The summed E-state index contributed by atoms with van der Waals surface area (Å²) in [5, 5.41) is 9.13. The summed E-state index contributed by atoms with van der Waals surface area (Å²) in [6, 6.07) is 6.01. The quantitative estimate of drug-likeness (QED) is 0.450. The van der Waals surface area contributed by atoms with Crippen molar-refractivity contribution in [1.29, 1.82) is 0 Å². The number of alkyl halides is 4. The molecule has 1 aliphatic carbocycles. The molecule has 4 rings (SSSR count). The van der Waals surface area contributed by atoms with Crippen LogP contribution in [-0.4, -0.2) is 73.8 Å². The number of hydrogen-bond acceptors (Lipinski definition) is 5. The predicted octanol–water partition coefficient (Wildman–Crippen LogP) is 3.78. The summed E-state index contributed by atoms with van der Waals surface area (Å²) in [4.78, 5) is 30.0. The topological polar surface area (TPSA) is 86.4 Å². The van der Waals surface area contributed by atoms with Crippen LogP contribution >= 0.6 is 0 Å². The Morgan fingerprint density at radius 3 is 2.63 bits per heavy atom. The van der Waals surface area contributed by atoms with Gasteiger partial charge in [0, 0.05) is 43.1 Å². The van der Waals surface area contributed by atoms with Gasteiger partial charge >= 0.3 is 6.18 Å². The molecule has 2 heterocycles. The first-order valence-electron chi connectivity index (χ1n) is 12.4. The molecule has 204 valence electrons. The van der Waals surface area contributed by atoms with Gasteiger partial charge < -0.3 is 20.9 Å². The Labute approximate surface area is 218 Å². The first-order valence-corrected chi connectivity index (χ1v) is 12.4. The molecule has 3 N–H and O–H groups in total. The maximum Gasteiger partial charge on any atom is 0.417 e. The fourth-order valence-electron chi connectivity index (χ4n) is 4.72. The lowest BCUT2D eigenvalue weighted by Crippen LogP contribution is -2.46. The Kier molecular flexibility index (Phi) is 8.05. The van der Waals surface area contributed by atoms with Crippen molar-refractivity contribution in [3.05, 3.63) is 48.3 Å². The third-order valence-corrected chi connectivity index (χ3v) is 7.00. The molecule has 2 fully saturated rings. The zero-order chi connectivity index (χ0) is 27.6. The molecule has 0 bridgehead atoms. The monoisotopic (exact) mass is 533 g/mol. The van der Waals surface area contributed by atoms with E-state index in [0.717, 1.165) is 0 Å². The molecule has 0 radical (unpaired) electrons. The Morgan fingerprint density at radius 2 is 1.95 bits per heavy atom. The number of aromatic nitrogens is 1. The standard InChI is InChI=1S/C27H31F4N5O2/c1-15(27(29,30)31)24-17-7-4-8-22(35-23-9-11-36(3)14-21(23)28)18(17)12-16(34-24)6-5-10-33-26(38)20-13-19(20)25(37)32-2/h4-8,12,19-21,23,35H,1,9-11,13-14H2,2-3H3,(H,32,37)(H,33,38)/b6-5+/t19-,20-,21-,23+/m0/s1. The minimum absolute atomic E-state index is 0.115. The largest absolute Gasteiger partial charge is 0.417 e. The zero-order valence-corrected chi connectivity index (χ0v) is 21.2. The number of pyridine rings is 1. The Bertz CT molecular complexity index is 1260. The highest BCUT2D eigenvalue weighted by atomic mass is 19.4. The van der Waals surface area contributed by atoms with E-state index in [4.69, 9.17) is 0 Å². The molecule has 1 saturated heterocycles. The summed E-state index contributed by atoms with van der Waals surface area (Å²) >= 11 is 0. The third kappa shape index (κ3) is 6.15. The van der Waals surface area contributed by atoms with Gasteiger partial charge in [-0.05, 0) is 38.1 Å². The SMILES string of the molecule is C=C(c1nc(/C=C/CNC(=O)[C@H]2C[C@@H]2C(=O)NC)cc2c(N[C@@H]3CCN(C)C[C@@H]3F)cccc12)C(F)(F)F. The van der Waals surface area contributed by atoms with Crippen molar-refractivity contribution in [3.63, 3.8) is 0 Å². The van der Waals surface area contributed by atoms with Crippen molar-refractivity contribution in [3.8, 4) is 0 Å². The zero-order valence-electron chi connectivity index (χ0n) is 21.2. The molecule has 7 nitrogen and oxygen atoms in total. The molecule has 4 atom stereocenters. The molecular formula is C27H31F4N5O2. The molecule has 11 heteroatoms. The van der Waals surface area contributed by atoms with Crippen molar-refractivity contribution in [1.82, 2.24) is 20.5 Å². The molecule has 0 spiro atoms. The van der Waals surface area contributed by atoms with E-state index in [1.807, 2.05) is 11.9 Å². The summed E-state index contributed by atoms with van der Waals surface area (Å²) in [7, 11) is 3.36. The lowest BCUT2D eigenvalue weighted by atomic mass is 9.99. The van der Waals surface area contributed by atoms with Crippen LogP contribution in [-0.2, 0) is 9.59 Å². The van der Waals surface area contributed by atoms with E-state index in [9.17, 15) is 27.2 Å². The first kappa shape index (κ1) is 27.6. The summed E-state index contributed by atoms with van der Waals surface area (Å²) in [5.74, 6) is -1.15. The number of anilines is 1. The lowest BCUT2D eigenvalue weighted by molar-refractivity contribution is -0.126. The van der Waals surface area contributed by atoms with Gasteiger partial charge in [-0.2, -0.15) is 13.2 Å². The number of carbonyl (C=O) groups is 2. The highest BCUT2D eigenvalue weighted by molar-refractivity contribution is 6.01. The van der Waals surface area contributed by atoms with E-state index in [0.29, 0.717) is 30.5 Å². The Balaban J connectivity index is 1.58. The van der Waals surface area contributed by atoms with Gasteiger partial charge in [-0.3, -0.25) is 9.59 Å². The number of carbonyl (C=O) groups excluding carboxylic acids is 2. The molecule has 1 aromatic heterocycles. The van der Waals surface area contributed by atoms with Crippen molar-refractivity contribution in [2.45, 2.75) is 31.2 Å². The van der Waals surface area contributed by atoms with Crippen LogP contribution in [0.2, 0.25) is 0 Å². The van der Waals surface area contributed by atoms with E-state index in [-0.39, 0.29) is 53.5 Å². The molecule has 2 amide bonds. The van der Waals surface area contributed by atoms with Crippen molar-refractivity contribution >= 4 is 39.9 Å². The number of halogens is 4.